The van der Waals surface area contributed by atoms with Gasteiger partial charge < -0.3 is 50.2 Å². The van der Waals surface area contributed by atoms with Crippen LogP contribution in [0.5, 0.6) is 0 Å². The molecule has 8 N–H and O–H groups in total. The summed E-state index contributed by atoms with van der Waals surface area (Å²) < 4.78 is 56.7. The summed E-state index contributed by atoms with van der Waals surface area (Å²) in [7, 11) is -11.0. The van der Waals surface area contributed by atoms with Crippen LogP contribution < -0.4 is 11.4 Å². The molecule has 2 unspecified atom stereocenters. The molecule has 430 valence electrons. The Morgan fingerprint density at radius 1 is 0.724 bits per heavy atom. The number of aliphatic hydroxyl groups excluding tert-OH is 4. The fraction of sp³-hybridized carbons (Fsp3) is 0.630. The number of aliphatic hydroxyl groups is 4. The summed E-state index contributed by atoms with van der Waals surface area (Å²) in [4.78, 5) is 62.0. The molecule has 0 radical (unpaired) electrons. The maximum Gasteiger partial charge on any atom is 0.481 e. The first kappa shape index (κ1) is 68.0. The summed E-state index contributed by atoms with van der Waals surface area (Å²) in [5, 5.41) is 41.1. The number of allylic oxidation sites excluding steroid dienone is 10. The number of nitrogen functional groups attached to an aromatic ring is 1. The number of phosphoric acid groups is 2. The highest BCUT2D eigenvalue weighted by atomic mass is 31.3. The van der Waals surface area contributed by atoms with E-state index in [9.17, 15) is 53.7 Å². The number of phosphoric ester groups is 2. The van der Waals surface area contributed by atoms with Crippen molar-refractivity contribution in [3.63, 3.8) is 0 Å². The standard InChI is InChI=1S/C54H87N3O17P2/c1-3-5-7-8-9-10-11-12-13-14-15-16-17-18-22-25-31-37-49(60)69-41-46(72-50(61)38-32-26-30-36-45(59)35-29-24-21-19-20-23-28-34-44(58)33-27-6-4-2)42-70-75(65,66)74-76(67,68)71-43-47-51(62)52(63)53(73-47)57-40-39-48(55)56-54(57)64/h6,12-13,20-21,23-24,27-30,34-36,39-40,44-47,51-53,58-59,62-63H,3-5,7-11,14-19,22,25-26,31-33,37-38,41-43H2,1-2H3,(H,65,66)(H,67,68)(H2,55,56,64)/b13-12-,23-20-,24-21-,27-6-,34-28+,35-29+,36-30-/t44-,45-,46+,47+,51+,52+,53+/m0/s1. The van der Waals surface area contributed by atoms with E-state index in [2.05, 4.69) is 28.4 Å². The predicted octanol–water partition coefficient (Wildman–Crippen LogP) is 9.39. The first-order chi connectivity index (χ1) is 36.5. The molecule has 22 heteroatoms. The third-order valence-electron chi connectivity index (χ3n) is 11.6. The lowest BCUT2D eigenvalue weighted by Crippen LogP contribution is -2.36. The molecule has 1 saturated heterocycles. The van der Waals surface area contributed by atoms with Crippen LogP contribution >= 0.6 is 15.6 Å². The fourth-order valence-electron chi connectivity index (χ4n) is 7.46. The van der Waals surface area contributed by atoms with Crippen molar-refractivity contribution in [1.82, 2.24) is 9.55 Å². The minimum Gasteiger partial charge on any atom is -0.462 e. The molecule has 9 atom stereocenters. The van der Waals surface area contributed by atoms with E-state index in [1.165, 1.54) is 44.6 Å². The Hall–Kier alpha value is -4.14. The van der Waals surface area contributed by atoms with Crippen molar-refractivity contribution in [2.24, 2.45) is 0 Å². The van der Waals surface area contributed by atoms with Crippen LogP contribution in [-0.4, -0.2) is 108 Å². The molecule has 0 amide bonds. The second kappa shape index (κ2) is 41.0. The number of nitrogens with two attached hydrogens (primary N) is 1. The van der Waals surface area contributed by atoms with Gasteiger partial charge in [0.25, 0.3) is 0 Å². The molecule has 76 heavy (non-hydrogen) atoms. The Morgan fingerprint density at radius 3 is 1.99 bits per heavy atom. The van der Waals surface area contributed by atoms with Gasteiger partial charge in [0.05, 0.1) is 25.4 Å². The number of carbonyl (C=O) groups is 2. The Morgan fingerprint density at radius 2 is 1.33 bits per heavy atom. The maximum absolute atomic E-state index is 12.9. The van der Waals surface area contributed by atoms with E-state index >= 15 is 0 Å². The number of carbonyl (C=O) groups excluding carboxylic acids is 2. The summed E-state index contributed by atoms with van der Waals surface area (Å²) in [6.45, 7) is 1.78. The van der Waals surface area contributed by atoms with Gasteiger partial charge >= 0.3 is 33.3 Å². The average Bonchev–Trinajstić information content (AvgIpc) is 3.65. The lowest BCUT2D eigenvalue weighted by Gasteiger charge is -2.21. The maximum atomic E-state index is 12.9. The van der Waals surface area contributed by atoms with Crippen LogP contribution in [0.4, 0.5) is 5.82 Å². The van der Waals surface area contributed by atoms with Crippen molar-refractivity contribution >= 4 is 33.4 Å². The molecule has 1 aromatic rings. The molecule has 0 aromatic carbocycles. The van der Waals surface area contributed by atoms with Crippen LogP contribution in [0.15, 0.2) is 102 Å². The average molecular weight is 1110 g/mol. The number of rotatable bonds is 43. The van der Waals surface area contributed by atoms with E-state index in [1.807, 2.05) is 37.3 Å². The van der Waals surface area contributed by atoms with Gasteiger partial charge in [-0.25, -0.2) is 13.9 Å². The molecule has 1 fully saturated rings. The highest BCUT2D eigenvalue weighted by molar-refractivity contribution is 7.61. The van der Waals surface area contributed by atoms with Gasteiger partial charge in [0.2, 0.25) is 0 Å². The molecule has 20 nitrogen and oxygen atoms in total. The number of unbranched alkanes of at least 4 members (excludes halogenated alkanes) is 14. The van der Waals surface area contributed by atoms with Gasteiger partial charge in [0.1, 0.15) is 30.7 Å². The fourth-order valence-corrected chi connectivity index (χ4v) is 9.57. The van der Waals surface area contributed by atoms with Crippen LogP contribution in [0, 0.1) is 0 Å². The van der Waals surface area contributed by atoms with Gasteiger partial charge in [-0.05, 0) is 70.3 Å². The Labute approximate surface area is 449 Å². The SMILES string of the molecule is CC/C=C\C[C@H](O)/C=C/C=C\C/C=C\C=C\[C@H](O)/C=C\CCCC(=O)O[C@H](COC(=O)CCCCCCCCC/C=C\CCCCCCCC)COP(=O)(O)OP(=O)(O)OC[C@H]1O[C@@H](n2ccc(N)nc2=O)[C@H](O)[C@@H]1O. The molecular formula is C54H87N3O17P2. The van der Waals surface area contributed by atoms with Gasteiger partial charge in [0, 0.05) is 19.0 Å². The largest absolute Gasteiger partial charge is 0.481 e. The van der Waals surface area contributed by atoms with Gasteiger partial charge in [-0.3, -0.25) is 23.2 Å². The third-order valence-corrected chi connectivity index (χ3v) is 14.2. The summed E-state index contributed by atoms with van der Waals surface area (Å²) in [6, 6.07) is 1.23. The van der Waals surface area contributed by atoms with Crippen LogP contribution in [0.25, 0.3) is 0 Å². The zero-order valence-electron chi connectivity index (χ0n) is 44.5. The minimum absolute atomic E-state index is 0.0748. The van der Waals surface area contributed by atoms with Crippen molar-refractivity contribution in [3.8, 4) is 0 Å². The van der Waals surface area contributed by atoms with E-state index in [0.717, 1.165) is 68.6 Å². The van der Waals surface area contributed by atoms with Crippen molar-refractivity contribution in [3.05, 3.63) is 108 Å². The number of esters is 2. The summed E-state index contributed by atoms with van der Waals surface area (Å²) in [6.07, 6.45) is 37.2. The lowest BCUT2D eigenvalue weighted by atomic mass is 10.1. The summed E-state index contributed by atoms with van der Waals surface area (Å²) >= 11 is 0. The summed E-state index contributed by atoms with van der Waals surface area (Å²) in [5.41, 5.74) is 4.57. The second-order valence-corrected chi connectivity index (χ2v) is 21.4. The Kier molecular flexibility index (Phi) is 36.7. The van der Waals surface area contributed by atoms with Crippen LogP contribution in [0.1, 0.15) is 161 Å². The second-order valence-electron chi connectivity index (χ2n) is 18.4. The Bertz CT molecular complexity index is 2140. The highest BCUT2D eigenvalue weighted by Crippen LogP contribution is 2.60. The van der Waals surface area contributed by atoms with Gasteiger partial charge in [-0.1, -0.05) is 163 Å². The molecule has 1 aliphatic rings. The van der Waals surface area contributed by atoms with Crippen LogP contribution in [0.3, 0.4) is 0 Å². The van der Waals surface area contributed by atoms with Crippen molar-refractivity contribution in [1.29, 1.82) is 0 Å². The number of nitrogens with zero attached hydrogens (tertiary/aromatic N) is 2. The molecule has 0 spiro atoms. The number of hydrogen-bond acceptors (Lipinski definition) is 17. The first-order valence-electron chi connectivity index (χ1n) is 26.8. The van der Waals surface area contributed by atoms with E-state index < -0.39 is 95.9 Å². The third kappa shape index (κ3) is 33.2. The van der Waals surface area contributed by atoms with Crippen molar-refractivity contribution in [2.45, 2.75) is 198 Å². The van der Waals surface area contributed by atoms with Crippen LogP contribution in [0.2, 0.25) is 0 Å². The quantitative estimate of drug-likeness (QED) is 0.0105. The normalized spacial score (nSPS) is 20.2. The zero-order chi connectivity index (χ0) is 55.9. The number of anilines is 1. The number of hydrogen-bond donors (Lipinski definition) is 7. The van der Waals surface area contributed by atoms with E-state index in [1.54, 1.807) is 42.5 Å². The predicted molar refractivity (Wildman–Crippen MR) is 291 cm³/mol. The number of ether oxygens (including phenoxy) is 3. The molecule has 2 rings (SSSR count). The van der Waals surface area contributed by atoms with Crippen molar-refractivity contribution < 1.29 is 76.5 Å². The molecule has 1 aliphatic heterocycles. The molecule has 1 aromatic heterocycles. The molecule has 2 heterocycles. The first-order valence-corrected chi connectivity index (χ1v) is 29.8. The molecule has 0 saturated carbocycles. The Balaban J connectivity index is 1.86. The van der Waals surface area contributed by atoms with Crippen LogP contribution in [-0.2, 0) is 46.3 Å². The zero-order valence-corrected chi connectivity index (χ0v) is 46.3. The van der Waals surface area contributed by atoms with Crippen molar-refractivity contribution in [2.75, 3.05) is 25.6 Å². The smallest absolute Gasteiger partial charge is 0.462 e. The topological polar surface area (TPSA) is 306 Å². The highest BCUT2D eigenvalue weighted by Gasteiger charge is 2.46. The molecule has 0 bridgehead atoms. The van der Waals surface area contributed by atoms with E-state index in [4.69, 9.17) is 29.0 Å². The lowest BCUT2D eigenvalue weighted by molar-refractivity contribution is -0.161. The van der Waals surface area contributed by atoms with Gasteiger partial charge in [-0.2, -0.15) is 9.29 Å². The molecular weight excluding hydrogens is 1020 g/mol. The van der Waals surface area contributed by atoms with Gasteiger partial charge in [0.15, 0.2) is 12.3 Å². The van der Waals surface area contributed by atoms with E-state index in [-0.39, 0.29) is 25.1 Å². The summed E-state index contributed by atoms with van der Waals surface area (Å²) in [5.74, 6) is -1.50. The number of aromatic nitrogens is 2. The monoisotopic (exact) mass is 1110 g/mol. The molecule has 0 aliphatic carbocycles. The van der Waals surface area contributed by atoms with E-state index in [0.29, 0.717) is 25.7 Å². The van der Waals surface area contributed by atoms with Gasteiger partial charge in [-0.15, -0.1) is 0 Å². The minimum atomic E-state index is -5.48.